The number of morpholine rings is 1. The Morgan fingerprint density at radius 1 is 1.16 bits per heavy atom. The molecular formula is C19H26N2O4. The molecule has 2 fully saturated rings. The van der Waals surface area contributed by atoms with Crippen molar-refractivity contribution in [2.45, 2.75) is 31.7 Å². The minimum absolute atomic E-state index is 0.0694. The first-order valence-corrected chi connectivity index (χ1v) is 8.98. The van der Waals surface area contributed by atoms with E-state index in [1.165, 1.54) is 0 Å². The molecule has 3 rings (SSSR count). The van der Waals surface area contributed by atoms with Gasteiger partial charge in [0.2, 0.25) is 11.8 Å². The summed E-state index contributed by atoms with van der Waals surface area (Å²) in [7, 11) is 1.64. The fraction of sp³-hybridized carbons (Fsp3) is 0.579. The van der Waals surface area contributed by atoms with Gasteiger partial charge in [-0.2, -0.15) is 0 Å². The van der Waals surface area contributed by atoms with Gasteiger partial charge < -0.3 is 19.3 Å². The molecule has 6 heteroatoms. The van der Waals surface area contributed by atoms with Gasteiger partial charge in [-0.05, 0) is 37.0 Å². The van der Waals surface area contributed by atoms with E-state index >= 15 is 0 Å². The molecule has 2 aliphatic heterocycles. The molecule has 0 aliphatic carbocycles. The van der Waals surface area contributed by atoms with E-state index in [1.807, 2.05) is 29.2 Å². The zero-order valence-electron chi connectivity index (χ0n) is 14.8. The summed E-state index contributed by atoms with van der Waals surface area (Å²) in [6.07, 6.45) is 2.77. The van der Waals surface area contributed by atoms with E-state index < -0.39 is 0 Å². The molecule has 1 atom stereocenters. The van der Waals surface area contributed by atoms with Gasteiger partial charge in [0.1, 0.15) is 11.8 Å². The Labute approximate surface area is 148 Å². The SMILES string of the molecule is COc1ccc(CCC(=O)N2CCC[C@H]2C(=O)N2CCOCC2)cc1. The van der Waals surface area contributed by atoms with Gasteiger partial charge in [-0.1, -0.05) is 12.1 Å². The van der Waals surface area contributed by atoms with Gasteiger partial charge in [-0.15, -0.1) is 0 Å². The highest BCUT2D eigenvalue weighted by atomic mass is 16.5. The Bertz CT molecular complexity index is 596. The molecule has 1 aromatic carbocycles. The maximum absolute atomic E-state index is 12.7. The zero-order valence-corrected chi connectivity index (χ0v) is 14.8. The highest BCUT2D eigenvalue weighted by Gasteiger charge is 2.36. The van der Waals surface area contributed by atoms with Crippen LogP contribution >= 0.6 is 0 Å². The number of methoxy groups -OCH3 is 1. The van der Waals surface area contributed by atoms with Gasteiger partial charge in [-0.3, -0.25) is 9.59 Å². The van der Waals surface area contributed by atoms with E-state index in [4.69, 9.17) is 9.47 Å². The molecule has 0 saturated carbocycles. The second kappa shape index (κ2) is 8.34. The van der Waals surface area contributed by atoms with Gasteiger partial charge >= 0.3 is 0 Å². The van der Waals surface area contributed by atoms with Crippen LogP contribution in [0.2, 0.25) is 0 Å². The van der Waals surface area contributed by atoms with Gasteiger partial charge in [0, 0.05) is 26.1 Å². The molecule has 25 heavy (non-hydrogen) atoms. The summed E-state index contributed by atoms with van der Waals surface area (Å²) >= 11 is 0. The number of aryl methyl sites for hydroxylation is 1. The lowest BCUT2D eigenvalue weighted by atomic mass is 10.1. The molecule has 0 aromatic heterocycles. The molecule has 0 N–H and O–H groups in total. The Balaban J connectivity index is 1.55. The zero-order chi connectivity index (χ0) is 17.6. The Kier molecular flexibility index (Phi) is 5.91. The average molecular weight is 346 g/mol. The van der Waals surface area contributed by atoms with E-state index in [9.17, 15) is 9.59 Å². The fourth-order valence-electron chi connectivity index (χ4n) is 3.50. The molecule has 2 saturated heterocycles. The second-order valence-electron chi connectivity index (χ2n) is 6.53. The lowest BCUT2D eigenvalue weighted by molar-refractivity contribution is -0.146. The highest BCUT2D eigenvalue weighted by molar-refractivity contribution is 5.88. The number of rotatable bonds is 5. The quantitative estimate of drug-likeness (QED) is 0.810. The molecule has 136 valence electrons. The predicted molar refractivity (Wildman–Crippen MR) is 93.4 cm³/mol. The van der Waals surface area contributed by atoms with Crippen LogP contribution in [0.1, 0.15) is 24.8 Å². The molecule has 2 heterocycles. The number of hydrogen-bond donors (Lipinski definition) is 0. The van der Waals surface area contributed by atoms with Crippen molar-refractivity contribution in [2.24, 2.45) is 0 Å². The number of ether oxygens (including phenoxy) is 2. The Hall–Kier alpha value is -2.08. The lowest BCUT2D eigenvalue weighted by Crippen LogP contribution is -2.51. The summed E-state index contributed by atoms with van der Waals surface area (Å²) in [6, 6.07) is 7.47. The minimum Gasteiger partial charge on any atom is -0.497 e. The van der Waals surface area contributed by atoms with Crippen molar-refractivity contribution < 1.29 is 19.1 Å². The molecule has 1 aromatic rings. The van der Waals surface area contributed by atoms with Crippen molar-refractivity contribution >= 4 is 11.8 Å². The molecule has 0 radical (unpaired) electrons. The average Bonchev–Trinajstić information content (AvgIpc) is 3.16. The monoisotopic (exact) mass is 346 g/mol. The lowest BCUT2D eigenvalue weighted by Gasteiger charge is -2.32. The van der Waals surface area contributed by atoms with Crippen LogP contribution in [-0.4, -0.2) is 67.6 Å². The summed E-state index contributed by atoms with van der Waals surface area (Å²) < 4.78 is 10.5. The van der Waals surface area contributed by atoms with E-state index in [0.717, 1.165) is 24.2 Å². The third kappa shape index (κ3) is 4.31. The molecule has 0 unspecified atom stereocenters. The minimum atomic E-state index is -0.290. The smallest absolute Gasteiger partial charge is 0.245 e. The normalized spacial score (nSPS) is 20.6. The second-order valence-corrected chi connectivity index (χ2v) is 6.53. The number of amides is 2. The van der Waals surface area contributed by atoms with Crippen LogP contribution in [0.25, 0.3) is 0 Å². The topological polar surface area (TPSA) is 59.1 Å². The van der Waals surface area contributed by atoms with Gasteiger partial charge in [0.05, 0.1) is 20.3 Å². The first-order chi connectivity index (χ1) is 12.2. The maximum Gasteiger partial charge on any atom is 0.245 e. The third-order valence-corrected chi connectivity index (χ3v) is 4.97. The summed E-state index contributed by atoms with van der Waals surface area (Å²) in [5.41, 5.74) is 1.10. The van der Waals surface area contributed by atoms with Crippen LogP contribution in [0, 0.1) is 0 Å². The largest absolute Gasteiger partial charge is 0.497 e. The van der Waals surface area contributed by atoms with Crippen LogP contribution < -0.4 is 4.74 Å². The summed E-state index contributed by atoms with van der Waals surface area (Å²) in [6.45, 7) is 3.11. The number of likely N-dealkylation sites (tertiary alicyclic amines) is 1. The van der Waals surface area contributed by atoms with Gasteiger partial charge in [0.15, 0.2) is 0 Å². The Morgan fingerprint density at radius 2 is 1.88 bits per heavy atom. The van der Waals surface area contributed by atoms with Gasteiger partial charge in [0.25, 0.3) is 0 Å². The fourth-order valence-corrected chi connectivity index (χ4v) is 3.50. The molecular weight excluding hydrogens is 320 g/mol. The number of carbonyl (C=O) groups excluding carboxylic acids is 2. The van der Waals surface area contributed by atoms with Crippen molar-refractivity contribution in [3.05, 3.63) is 29.8 Å². The molecule has 2 amide bonds. The van der Waals surface area contributed by atoms with E-state index in [0.29, 0.717) is 45.7 Å². The number of benzene rings is 1. The van der Waals surface area contributed by atoms with Crippen LogP contribution in [0.3, 0.4) is 0 Å². The molecule has 0 spiro atoms. The van der Waals surface area contributed by atoms with E-state index in [2.05, 4.69) is 0 Å². The van der Waals surface area contributed by atoms with Crippen molar-refractivity contribution in [2.75, 3.05) is 40.0 Å². The van der Waals surface area contributed by atoms with Gasteiger partial charge in [-0.25, -0.2) is 0 Å². The summed E-state index contributed by atoms with van der Waals surface area (Å²) in [5.74, 6) is 0.962. The van der Waals surface area contributed by atoms with E-state index in [-0.39, 0.29) is 17.9 Å². The predicted octanol–water partition coefficient (Wildman–Crippen LogP) is 1.48. The van der Waals surface area contributed by atoms with Crippen LogP contribution in [0.5, 0.6) is 5.75 Å². The maximum atomic E-state index is 12.7. The van der Waals surface area contributed by atoms with Crippen LogP contribution in [0.4, 0.5) is 0 Å². The summed E-state index contributed by atoms with van der Waals surface area (Å²) in [5, 5.41) is 0. The molecule has 2 aliphatic rings. The standard InChI is InChI=1S/C19H26N2O4/c1-24-16-7-4-15(5-8-16)6-9-18(22)21-10-2-3-17(21)19(23)20-11-13-25-14-12-20/h4-5,7-8,17H,2-3,6,9-14H2,1H3/t17-/m0/s1. The van der Waals surface area contributed by atoms with Crippen molar-refractivity contribution in [3.63, 3.8) is 0 Å². The highest BCUT2D eigenvalue weighted by Crippen LogP contribution is 2.22. The number of carbonyl (C=O) groups is 2. The molecule has 6 nitrogen and oxygen atoms in total. The van der Waals surface area contributed by atoms with Crippen molar-refractivity contribution in [1.82, 2.24) is 9.80 Å². The van der Waals surface area contributed by atoms with Crippen molar-refractivity contribution in [1.29, 1.82) is 0 Å². The van der Waals surface area contributed by atoms with Crippen LogP contribution in [0.15, 0.2) is 24.3 Å². The van der Waals surface area contributed by atoms with Crippen LogP contribution in [-0.2, 0) is 20.7 Å². The first kappa shape index (κ1) is 17.7. The first-order valence-electron chi connectivity index (χ1n) is 8.98. The molecule has 0 bridgehead atoms. The third-order valence-electron chi connectivity index (χ3n) is 4.97. The number of hydrogen-bond acceptors (Lipinski definition) is 4. The van der Waals surface area contributed by atoms with Crippen molar-refractivity contribution in [3.8, 4) is 5.75 Å². The Morgan fingerprint density at radius 3 is 2.56 bits per heavy atom. The van der Waals surface area contributed by atoms with E-state index in [1.54, 1.807) is 12.0 Å². The number of nitrogens with zero attached hydrogens (tertiary/aromatic N) is 2. The summed E-state index contributed by atoms with van der Waals surface area (Å²) in [4.78, 5) is 29.0.